The fourth-order valence-electron chi connectivity index (χ4n) is 5.79. The Morgan fingerprint density at radius 2 is 1.18 bits per heavy atom. The molecule has 0 bridgehead atoms. The molecule has 0 aromatic carbocycles. The molecule has 0 saturated heterocycles. The summed E-state index contributed by atoms with van der Waals surface area (Å²) in [6, 6.07) is 0. The van der Waals surface area contributed by atoms with Gasteiger partial charge in [-0.2, -0.15) is 0 Å². The van der Waals surface area contributed by atoms with Crippen molar-refractivity contribution in [2.75, 3.05) is 13.2 Å². The van der Waals surface area contributed by atoms with Gasteiger partial charge in [0, 0.05) is 13.0 Å². The van der Waals surface area contributed by atoms with E-state index in [2.05, 4.69) is 46.4 Å². The monoisotopic (exact) mass is 478 g/mol. The van der Waals surface area contributed by atoms with Crippen molar-refractivity contribution in [1.82, 2.24) is 4.90 Å². The van der Waals surface area contributed by atoms with Crippen molar-refractivity contribution in [1.29, 1.82) is 0 Å². The van der Waals surface area contributed by atoms with Crippen LogP contribution in [0, 0.1) is 5.41 Å². The molecule has 0 spiro atoms. The van der Waals surface area contributed by atoms with Gasteiger partial charge < -0.3 is 14.8 Å². The second-order valence-corrected chi connectivity index (χ2v) is 12.7. The molecule has 0 saturated carbocycles. The molecule has 0 aliphatic carbocycles. The molecule has 4 nitrogen and oxygen atoms in total. The summed E-state index contributed by atoms with van der Waals surface area (Å²) in [6.07, 6.45) is 25.6. The van der Waals surface area contributed by atoms with Gasteiger partial charge in [0.15, 0.2) is 6.67 Å². The number of hydrogen-bond acceptors (Lipinski definition) is 3. The molecular formula is C30H58N2O2. The maximum atomic E-state index is 12.2. The molecule has 0 aromatic rings. The van der Waals surface area contributed by atoms with E-state index in [-0.39, 0.29) is 9.90 Å². The molecule has 0 fully saturated rings. The van der Waals surface area contributed by atoms with E-state index in [1.165, 1.54) is 96.3 Å². The van der Waals surface area contributed by atoms with Crippen molar-refractivity contribution < 1.29 is 14.4 Å². The number of carbonyl (C=O) groups excluding carboxylic acids is 1. The maximum absolute atomic E-state index is 12.2. The summed E-state index contributed by atoms with van der Waals surface area (Å²) in [4.78, 5) is 14.4. The third-order valence-electron chi connectivity index (χ3n) is 7.60. The molecule has 0 N–H and O–H groups in total. The summed E-state index contributed by atoms with van der Waals surface area (Å²) in [5, 5.41) is 12.2. The van der Waals surface area contributed by atoms with Crippen LogP contribution in [0.2, 0.25) is 0 Å². The number of nitrogens with zero attached hydrogens (tertiary/aromatic N) is 2. The van der Waals surface area contributed by atoms with E-state index in [0.29, 0.717) is 6.67 Å². The molecule has 1 aliphatic heterocycles. The SMILES string of the molecule is CCCCCCCCCCCCCCCCCCN1C=C[N+](C(=O)[O-])(C(C)(C)CC(C)(C)C)C1. The van der Waals surface area contributed by atoms with Crippen molar-refractivity contribution in [3.63, 3.8) is 0 Å². The van der Waals surface area contributed by atoms with Crippen LogP contribution < -0.4 is 5.11 Å². The van der Waals surface area contributed by atoms with Gasteiger partial charge in [-0.05, 0) is 25.7 Å². The first-order chi connectivity index (χ1) is 16.0. The number of quaternary nitrogens is 1. The van der Waals surface area contributed by atoms with Gasteiger partial charge in [-0.15, -0.1) is 0 Å². The zero-order valence-electron chi connectivity index (χ0n) is 23.8. The van der Waals surface area contributed by atoms with Crippen LogP contribution in [0.3, 0.4) is 0 Å². The minimum atomic E-state index is -0.986. The van der Waals surface area contributed by atoms with Gasteiger partial charge in [0.1, 0.15) is 11.7 Å². The smallest absolute Gasteiger partial charge is 0.264 e. The molecule has 200 valence electrons. The van der Waals surface area contributed by atoms with Crippen LogP contribution in [0.15, 0.2) is 12.4 Å². The lowest BCUT2D eigenvalue weighted by Gasteiger charge is -2.47. The molecule has 1 amide bonds. The topological polar surface area (TPSA) is 43.4 Å². The van der Waals surface area contributed by atoms with E-state index in [1.54, 1.807) is 0 Å². The fourth-order valence-corrected chi connectivity index (χ4v) is 5.79. The van der Waals surface area contributed by atoms with Gasteiger partial charge >= 0.3 is 0 Å². The molecule has 1 rings (SSSR count). The summed E-state index contributed by atoms with van der Waals surface area (Å²) in [5.41, 5.74) is -0.337. The van der Waals surface area contributed by atoms with E-state index < -0.39 is 11.6 Å². The Kier molecular flexibility index (Phi) is 14.5. The summed E-state index contributed by atoms with van der Waals surface area (Å²) < 4.78 is -0.0941. The number of hydrogen-bond donors (Lipinski definition) is 0. The lowest BCUT2D eigenvalue weighted by molar-refractivity contribution is -0.879. The minimum absolute atomic E-state index is 0.0688. The largest absolute Gasteiger partial charge is 0.498 e. The van der Waals surface area contributed by atoms with Crippen molar-refractivity contribution in [3.05, 3.63) is 12.4 Å². The lowest BCUT2D eigenvalue weighted by Crippen LogP contribution is -2.66. The average Bonchev–Trinajstić information content (AvgIpc) is 3.18. The van der Waals surface area contributed by atoms with Gasteiger partial charge in [0.25, 0.3) is 6.09 Å². The van der Waals surface area contributed by atoms with Gasteiger partial charge in [-0.3, -0.25) is 0 Å². The highest BCUT2D eigenvalue weighted by molar-refractivity contribution is 5.56. The van der Waals surface area contributed by atoms with Gasteiger partial charge in [0.05, 0.1) is 6.20 Å². The lowest BCUT2D eigenvalue weighted by atomic mass is 9.80. The zero-order chi connectivity index (χ0) is 25.5. The predicted octanol–water partition coefficient (Wildman–Crippen LogP) is 8.37. The highest BCUT2D eigenvalue weighted by atomic mass is 16.4. The van der Waals surface area contributed by atoms with Crippen molar-refractivity contribution in [2.45, 2.75) is 156 Å². The maximum Gasteiger partial charge on any atom is 0.264 e. The first kappa shape index (κ1) is 31.0. The van der Waals surface area contributed by atoms with E-state index in [9.17, 15) is 9.90 Å². The Labute approximate surface area is 212 Å². The summed E-state index contributed by atoms with van der Waals surface area (Å²) in [5.74, 6) is 0. The molecule has 0 radical (unpaired) electrons. The van der Waals surface area contributed by atoms with Gasteiger partial charge in [-0.25, -0.2) is 4.48 Å². The molecule has 1 unspecified atom stereocenters. The van der Waals surface area contributed by atoms with Gasteiger partial charge in [-0.1, -0.05) is 124 Å². The molecule has 34 heavy (non-hydrogen) atoms. The minimum Gasteiger partial charge on any atom is -0.498 e. The predicted molar refractivity (Wildman–Crippen MR) is 144 cm³/mol. The van der Waals surface area contributed by atoms with Crippen LogP contribution in [0.25, 0.3) is 0 Å². The molecule has 1 atom stereocenters. The Hall–Kier alpha value is -1.03. The van der Waals surface area contributed by atoms with E-state index in [4.69, 9.17) is 0 Å². The number of rotatable bonds is 19. The summed E-state index contributed by atoms with van der Waals surface area (Å²) in [6.45, 7) is 14.4. The first-order valence-corrected chi connectivity index (χ1v) is 14.6. The number of carboxylic acid groups (broad SMARTS) is 1. The van der Waals surface area contributed by atoms with E-state index in [1.807, 2.05) is 12.4 Å². The molecule has 0 aromatic heterocycles. The van der Waals surface area contributed by atoms with Crippen LogP contribution >= 0.6 is 0 Å². The van der Waals surface area contributed by atoms with Crippen molar-refractivity contribution in [2.24, 2.45) is 5.41 Å². The number of carbonyl (C=O) groups is 1. The normalized spacial score (nSPS) is 18.7. The van der Waals surface area contributed by atoms with Crippen molar-refractivity contribution in [3.8, 4) is 0 Å². The average molecular weight is 479 g/mol. The summed E-state index contributed by atoms with van der Waals surface area (Å²) in [7, 11) is 0. The number of amides is 1. The first-order valence-electron chi connectivity index (χ1n) is 14.6. The second kappa shape index (κ2) is 15.9. The van der Waals surface area contributed by atoms with Gasteiger partial charge in [0.2, 0.25) is 0 Å². The third kappa shape index (κ3) is 11.6. The van der Waals surface area contributed by atoms with Crippen LogP contribution in [0.1, 0.15) is 151 Å². The van der Waals surface area contributed by atoms with Crippen LogP contribution in [0.4, 0.5) is 4.79 Å². The quantitative estimate of drug-likeness (QED) is 0.138. The fraction of sp³-hybridized carbons (Fsp3) is 0.900. The molecule has 1 heterocycles. The molecular weight excluding hydrogens is 420 g/mol. The van der Waals surface area contributed by atoms with E-state index in [0.717, 1.165) is 19.4 Å². The Morgan fingerprint density at radius 1 is 0.765 bits per heavy atom. The highest BCUT2D eigenvalue weighted by Crippen LogP contribution is 2.39. The van der Waals surface area contributed by atoms with Crippen LogP contribution in [0.5, 0.6) is 0 Å². The number of unbranched alkanes of at least 4 members (excludes halogenated alkanes) is 15. The van der Waals surface area contributed by atoms with Crippen LogP contribution in [-0.2, 0) is 0 Å². The van der Waals surface area contributed by atoms with Crippen LogP contribution in [-0.4, -0.2) is 34.2 Å². The highest BCUT2D eigenvalue weighted by Gasteiger charge is 2.49. The third-order valence-corrected chi connectivity index (χ3v) is 7.60. The Balaban J connectivity index is 2.09. The Morgan fingerprint density at radius 3 is 1.56 bits per heavy atom. The standard InChI is InChI=1S/C30H58N2O2/c1-7-8-9-10-11-12-13-14-15-16-17-18-19-20-21-22-23-31-24-25-32(27-31,28(33)34)30(5,6)26-29(2,3)4/h24-25H,7-23,26-27H2,1-6H3. The molecule has 4 heteroatoms. The second-order valence-electron chi connectivity index (χ2n) is 12.7. The van der Waals surface area contributed by atoms with E-state index >= 15 is 0 Å². The Bertz CT molecular complexity index is 579. The summed E-state index contributed by atoms with van der Waals surface area (Å²) >= 11 is 0. The van der Waals surface area contributed by atoms with Crippen molar-refractivity contribution >= 4 is 6.09 Å². The molecule has 1 aliphatic rings. The zero-order valence-corrected chi connectivity index (χ0v) is 23.8.